The fourth-order valence-electron chi connectivity index (χ4n) is 2.74. The van der Waals surface area contributed by atoms with Gasteiger partial charge in [-0.3, -0.25) is 4.57 Å². The Morgan fingerprint density at radius 2 is 2.30 bits per heavy atom. The maximum absolute atomic E-state index is 11.0. The zero-order valence-corrected chi connectivity index (χ0v) is 12.6. The van der Waals surface area contributed by atoms with Crippen LogP contribution in [0.4, 0.5) is 11.6 Å². The summed E-state index contributed by atoms with van der Waals surface area (Å²) in [6, 6.07) is 0.297. The lowest BCUT2D eigenvalue weighted by molar-refractivity contribution is -0.388. The van der Waals surface area contributed by atoms with Gasteiger partial charge in [0.2, 0.25) is 11.6 Å². The number of nitrogens with zero attached hydrogens (tertiary/aromatic N) is 3. The molecule has 7 nitrogen and oxygen atoms in total. The minimum Gasteiger partial charge on any atom is -0.363 e. The Morgan fingerprint density at radius 3 is 2.90 bits per heavy atom. The van der Waals surface area contributed by atoms with E-state index >= 15 is 0 Å². The first-order valence-electron chi connectivity index (χ1n) is 6.98. The number of anilines is 1. The van der Waals surface area contributed by atoms with Crippen molar-refractivity contribution in [3.05, 3.63) is 15.9 Å². The number of imidazole rings is 1. The highest BCUT2D eigenvalue weighted by Gasteiger charge is 2.33. The topological polar surface area (TPSA) is 85.0 Å². The molecule has 0 amide bonds. The standard InChI is InChI=1S/C13H23N5O2/c1-9-16-12(18(19)20)11(17(9)4)15-8-10-13(2,3)6-5-7-14-10/h10,14-15H,5-8H2,1-4H3. The van der Waals surface area contributed by atoms with Gasteiger partial charge in [-0.1, -0.05) is 13.8 Å². The van der Waals surface area contributed by atoms with Crippen molar-refractivity contribution in [1.82, 2.24) is 14.9 Å². The van der Waals surface area contributed by atoms with Gasteiger partial charge < -0.3 is 20.7 Å². The molecule has 2 heterocycles. The zero-order valence-electron chi connectivity index (χ0n) is 12.6. The lowest BCUT2D eigenvalue weighted by Gasteiger charge is -2.39. The van der Waals surface area contributed by atoms with Gasteiger partial charge in [0, 0.05) is 26.6 Å². The van der Waals surface area contributed by atoms with Gasteiger partial charge in [-0.05, 0) is 34.7 Å². The van der Waals surface area contributed by atoms with E-state index in [-0.39, 0.29) is 11.2 Å². The molecule has 1 unspecified atom stereocenters. The first kappa shape index (κ1) is 14.8. The minimum absolute atomic E-state index is 0.0985. The Bertz CT molecular complexity index is 509. The molecule has 1 atom stereocenters. The predicted molar refractivity (Wildman–Crippen MR) is 77.9 cm³/mol. The molecule has 1 aromatic rings. The molecule has 0 saturated carbocycles. The first-order valence-corrected chi connectivity index (χ1v) is 6.98. The second-order valence-corrected chi connectivity index (χ2v) is 6.13. The lowest BCUT2D eigenvalue weighted by Crippen LogP contribution is -2.50. The van der Waals surface area contributed by atoms with E-state index < -0.39 is 4.92 Å². The molecule has 1 aliphatic rings. The molecule has 1 aromatic heterocycles. The smallest absolute Gasteiger partial charge is 0.363 e. The van der Waals surface area contributed by atoms with Crippen LogP contribution in [0, 0.1) is 22.5 Å². The molecule has 2 rings (SSSR count). The molecule has 1 saturated heterocycles. The van der Waals surface area contributed by atoms with Crippen molar-refractivity contribution in [1.29, 1.82) is 0 Å². The minimum atomic E-state index is -0.436. The fourth-order valence-corrected chi connectivity index (χ4v) is 2.74. The molecule has 112 valence electrons. The molecule has 7 heteroatoms. The van der Waals surface area contributed by atoms with E-state index in [1.807, 2.05) is 0 Å². The van der Waals surface area contributed by atoms with Gasteiger partial charge >= 0.3 is 5.82 Å². The van der Waals surface area contributed by atoms with Crippen LogP contribution < -0.4 is 10.6 Å². The molecule has 1 aliphatic heterocycles. The van der Waals surface area contributed by atoms with Gasteiger partial charge in [-0.2, -0.15) is 0 Å². The number of hydrogen-bond acceptors (Lipinski definition) is 5. The number of piperidine rings is 1. The van der Waals surface area contributed by atoms with Gasteiger partial charge in [0.15, 0.2) is 0 Å². The lowest BCUT2D eigenvalue weighted by atomic mass is 9.77. The van der Waals surface area contributed by atoms with E-state index in [1.54, 1.807) is 18.5 Å². The quantitative estimate of drug-likeness (QED) is 0.649. The molecule has 0 bridgehead atoms. The summed E-state index contributed by atoms with van der Waals surface area (Å²) < 4.78 is 1.73. The van der Waals surface area contributed by atoms with Crippen LogP contribution in [-0.2, 0) is 7.05 Å². The highest BCUT2D eigenvalue weighted by molar-refractivity contribution is 5.53. The van der Waals surface area contributed by atoms with Crippen LogP contribution in [0.3, 0.4) is 0 Å². The van der Waals surface area contributed by atoms with Crippen LogP contribution in [0.5, 0.6) is 0 Å². The molecule has 0 radical (unpaired) electrons. The van der Waals surface area contributed by atoms with E-state index in [4.69, 9.17) is 0 Å². The summed E-state index contributed by atoms with van der Waals surface area (Å²) in [5, 5.41) is 17.7. The van der Waals surface area contributed by atoms with Crippen molar-refractivity contribution in [2.45, 2.75) is 39.7 Å². The molecule has 0 spiro atoms. The van der Waals surface area contributed by atoms with Gasteiger partial charge in [0.1, 0.15) is 0 Å². The first-order chi connectivity index (χ1) is 9.33. The Morgan fingerprint density at radius 1 is 1.60 bits per heavy atom. The van der Waals surface area contributed by atoms with E-state index in [2.05, 4.69) is 29.5 Å². The fraction of sp³-hybridized carbons (Fsp3) is 0.769. The van der Waals surface area contributed by atoms with Crippen LogP contribution in [-0.4, -0.2) is 33.6 Å². The largest absolute Gasteiger partial charge is 0.406 e. The number of rotatable bonds is 4. The number of nitrogens with one attached hydrogen (secondary N) is 2. The van der Waals surface area contributed by atoms with E-state index in [1.165, 1.54) is 12.8 Å². The average Bonchev–Trinajstić information content (AvgIpc) is 2.65. The van der Waals surface area contributed by atoms with E-state index in [0.717, 1.165) is 6.54 Å². The van der Waals surface area contributed by atoms with Crippen LogP contribution >= 0.6 is 0 Å². The Balaban J connectivity index is 2.13. The van der Waals surface area contributed by atoms with Crippen LogP contribution in [0.1, 0.15) is 32.5 Å². The summed E-state index contributed by atoms with van der Waals surface area (Å²) in [5.41, 5.74) is 0.188. The number of aromatic nitrogens is 2. The average molecular weight is 281 g/mol. The molecule has 0 aromatic carbocycles. The van der Waals surface area contributed by atoms with Crippen LogP contribution in [0.15, 0.2) is 0 Å². The number of hydrogen-bond donors (Lipinski definition) is 2. The van der Waals surface area contributed by atoms with Crippen molar-refractivity contribution in [3.8, 4) is 0 Å². The van der Waals surface area contributed by atoms with Crippen molar-refractivity contribution in [3.63, 3.8) is 0 Å². The second kappa shape index (κ2) is 5.40. The van der Waals surface area contributed by atoms with Gasteiger partial charge in [-0.25, -0.2) is 0 Å². The maximum atomic E-state index is 11.0. The predicted octanol–water partition coefficient (Wildman–Crippen LogP) is 1.83. The number of nitro groups is 1. The summed E-state index contributed by atoms with van der Waals surface area (Å²) in [6.45, 7) is 7.89. The molecular weight excluding hydrogens is 258 g/mol. The highest BCUT2D eigenvalue weighted by Crippen LogP contribution is 2.31. The van der Waals surface area contributed by atoms with Crippen molar-refractivity contribution < 1.29 is 4.92 Å². The summed E-state index contributed by atoms with van der Waals surface area (Å²) >= 11 is 0. The third-order valence-corrected chi connectivity index (χ3v) is 4.28. The van der Waals surface area contributed by atoms with Crippen molar-refractivity contribution in [2.75, 3.05) is 18.4 Å². The molecule has 0 aliphatic carbocycles. The Hall–Kier alpha value is -1.63. The Kier molecular flexibility index (Phi) is 3.99. The monoisotopic (exact) mass is 281 g/mol. The van der Waals surface area contributed by atoms with Crippen LogP contribution in [0.2, 0.25) is 0 Å². The SMILES string of the molecule is Cc1nc([N+](=O)[O-])c(NCC2NCCCC2(C)C)n1C. The highest BCUT2D eigenvalue weighted by atomic mass is 16.6. The summed E-state index contributed by atoms with van der Waals surface area (Å²) in [7, 11) is 1.79. The summed E-state index contributed by atoms with van der Waals surface area (Å²) in [5.74, 6) is 1.02. The molecular formula is C13H23N5O2. The maximum Gasteiger partial charge on any atom is 0.406 e. The molecule has 20 heavy (non-hydrogen) atoms. The third kappa shape index (κ3) is 2.77. The van der Waals surface area contributed by atoms with Gasteiger partial charge in [0.05, 0.1) is 0 Å². The Labute approximate surface area is 118 Å². The van der Waals surface area contributed by atoms with Crippen LogP contribution in [0.25, 0.3) is 0 Å². The number of aryl methyl sites for hydroxylation is 1. The zero-order chi connectivity index (χ0) is 14.9. The summed E-state index contributed by atoms with van der Waals surface area (Å²) in [4.78, 5) is 14.6. The summed E-state index contributed by atoms with van der Waals surface area (Å²) in [6.07, 6.45) is 2.34. The van der Waals surface area contributed by atoms with Gasteiger partial charge in [0.25, 0.3) is 0 Å². The van der Waals surface area contributed by atoms with Crippen molar-refractivity contribution >= 4 is 11.6 Å². The molecule has 1 fully saturated rings. The molecule has 2 N–H and O–H groups in total. The third-order valence-electron chi connectivity index (χ3n) is 4.28. The van der Waals surface area contributed by atoms with E-state index in [9.17, 15) is 10.1 Å². The normalized spacial score (nSPS) is 21.7. The van der Waals surface area contributed by atoms with E-state index in [0.29, 0.717) is 24.2 Å². The van der Waals surface area contributed by atoms with Crippen molar-refractivity contribution in [2.24, 2.45) is 12.5 Å². The van der Waals surface area contributed by atoms with Gasteiger partial charge in [-0.15, -0.1) is 0 Å². The second-order valence-electron chi connectivity index (χ2n) is 6.13.